The first kappa shape index (κ1) is 15.9. The highest BCUT2D eigenvalue weighted by atomic mass is 16.5. The molecule has 1 saturated heterocycles. The molecule has 2 aromatic rings. The second-order valence-corrected chi connectivity index (χ2v) is 5.92. The van der Waals surface area contributed by atoms with E-state index in [1.165, 1.54) is 19.3 Å². The number of aromatic nitrogens is 1. The zero-order chi connectivity index (χ0) is 16.2. The predicted molar refractivity (Wildman–Crippen MR) is 88.9 cm³/mol. The Balaban J connectivity index is 1.87. The van der Waals surface area contributed by atoms with Crippen molar-refractivity contribution in [2.24, 2.45) is 0 Å². The average molecular weight is 316 g/mol. The molecule has 124 valence electrons. The topological polar surface area (TPSA) is 47.7 Å². The number of nitrogens with zero attached hydrogens (tertiary/aromatic N) is 2. The summed E-state index contributed by atoms with van der Waals surface area (Å²) in [5.41, 5.74) is 1.83. The van der Waals surface area contributed by atoms with Gasteiger partial charge in [-0.2, -0.15) is 0 Å². The molecule has 1 aliphatic heterocycles. The molecule has 0 atom stereocenters. The van der Waals surface area contributed by atoms with Crippen LogP contribution in [-0.4, -0.2) is 37.2 Å². The average Bonchev–Trinajstić information content (AvgIpc) is 2.95. The number of hydrogen-bond acceptors (Lipinski definition) is 5. The summed E-state index contributed by atoms with van der Waals surface area (Å²) in [6.45, 7) is 5.11. The first-order valence-electron chi connectivity index (χ1n) is 8.12. The van der Waals surface area contributed by atoms with E-state index in [4.69, 9.17) is 18.9 Å². The number of ether oxygens (including phenoxy) is 2. The number of piperidine rings is 1. The van der Waals surface area contributed by atoms with Gasteiger partial charge in [-0.05, 0) is 51.1 Å². The first-order valence-corrected chi connectivity index (χ1v) is 8.12. The van der Waals surface area contributed by atoms with Crippen LogP contribution in [0, 0.1) is 6.92 Å². The number of oxazole rings is 1. The molecule has 0 unspecified atom stereocenters. The van der Waals surface area contributed by atoms with Gasteiger partial charge in [-0.3, -0.25) is 4.90 Å². The van der Waals surface area contributed by atoms with Gasteiger partial charge in [0.05, 0.1) is 25.5 Å². The lowest BCUT2D eigenvalue weighted by Crippen LogP contribution is -2.29. The van der Waals surface area contributed by atoms with Gasteiger partial charge in [0.25, 0.3) is 0 Å². The van der Waals surface area contributed by atoms with Crippen molar-refractivity contribution < 1.29 is 13.9 Å². The molecule has 1 aromatic carbocycles. The number of aryl methyl sites for hydroxylation is 1. The number of likely N-dealkylation sites (tertiary alicyclic amines) is 1. The highest BCUT2D eigenvalue weighted by molar-refractivity contribution is 5.65. The number of benzene rings is 1. The van der Waals surface area contributed by atoms with Crippen molar-refractivity contribution in [1.29, 1.82) is 0 Å². The second-order valence-electron chi connectivity index (χ2n) is 5.92. The number of rotatable bonds is 5. The highest BCUT2D eigenvalue weighted by Crippen LogP contribution is 2.34. The lowest BCUT2D eigenvalue weighted by molar-refractivity contribution is 0.218. The van der Waals surface area contributed by atoms with Gasteiger partial charge in [0.2, 0.25) is 5.89 Å². The van der Waals surface area contributed by atoms with E-state index in [0.29, 0.717) is 5.89 Å². The molecule has 3 rings (SSSR count). The van der Waals surface area contributed by atoms with Gasteiger partial charge in [0, 0.05) is 6.54 Å². The molecule has 23 heavy (non-hydrogen) atoms. The standard InChI is InChI=1S/C18H24N2O3/c1-13-16(12-20-9-5-4-6-10-20)19-18(23-13)15-11-14(21-2)7-8-17(15)22-3/h7-8,11H,4-6,9-10,12H2,1-3H3. The van der Waals surface area contributed by atoms with Gasteiger partial charge in [0.1, 0.15) is 17.3 Å². The fraction of sp³-hybridized carbons (Fsp3) is 0.500. The van der Waals surface area contributed by atoms with E-state index in [0.717, 1.165) is 48.2 Å². The highest BCUT2D eigenvalue weighted by Gasteiger charge is 2.19. The Morgan fingerprint density at radius 3 is 2.61 bits per heavy atom. The lowest BCUT2D eigenvalue weighted by Gasteiger charge is -2.25. The number of hydrogen-bond donors (Lipinski definition) is 0. The molecule has 0 aliphatic carbocycles. The Labute approximate surface area is 137 Å². The van der Waals surface area contributed by atoms with Gasteiger partial charge >= 0.3 is 0 Å². The van der Waals surface area contributed by atoms with Crippen molar-refractivity contribution in [2.75, 3.05) is 27.3 Å². The van der Waals surface area contributed by atoms with E-state index in [1.54, 1.807) is 14.2 Å². The summed E-state index contributed by atoms with van der Waals surface area (Å²) in [6.07, 6.45) is 3.88. The molecule has 0 N–H and O–H groups in total. The molecule has 0 amide bonds. The summed E-state index contributed by atoms with van der Waals surface area (Å²) >= 11 is 0. The van der Waals surface area contributed by atoms with Crippen molar-refractivity contribution in [3.63, 3.8) is 0 Å². The molecule has 2 heterocycles. The molecule has 0 spiro atoms. The zero-order valence-electron chi connectivity index (χ0n) is 14.1. The van der Waals surface area contributed by atoms with Crippen LogP contribution in [0.2, 0.25) is 0 Å². The molecular formula is C18H24N2O3. The summed E-state index contributed by atoms with van der Waals surface area (Å²) in [4.78, 5) is 7.16. The molecule has 1 fully saturated rings. The Bertz CT molecular complexity index is 660. The lowest BCUT2D eigenvalue weighted by atomic mass is 10.1. The van der Waals surface area contributed by atoms with E-state index in [-0.39, 0.29) is 0 Å². The predicted octanol–water partition coefficient (Wildman–Crippen LogP) is 3.65. The third-order valence-electron chi connectivity index (χ3n) is 4.35. The third-order valence-corrected chi connectivity index (χ3v) is 4.35. The fourth-order valence-electron chi connectivity index (χ4n) is 3.00. The summed E-state index contributed by atoms with van der Waals surface area (Å²) in [7, 11) is 3.30. The minimum absolute atomic E-state index is 0.588. The van der Waals surface area contributed by atoms with Gasteiger partial charge in [-0.25, -0.2) is 4.98 Å². The van der Waals surface area contributed by atoms with Crippen LogP contribution in [0.5, 0.6) is 11.5 Å². The van der Waals surface area contributed by atoms with Crippen molar-refractivity contribution >= 4 is 0 Å². The van der Waals surface area contributed by atoms with E-state index >= 15 is 0 Å². The molecule has 0 radical (unpaired) electrons. The van der Waals surface area contributed by atoms with Crippen LogP contribution in [0.3, 0.4) is 0 Å². The monoisotopic (exact) mass is 316 g/mol. The zero-order valence-corrected chi connectivity index (χ0v) is 14.1. The van der Waals surface area contributed by atoms with Gasteiger partial charge < -0.3 is 13.9 Å². The fourth-order valence-corrected chi connectivity index (χ4v) is 3.00. The Morgan fingerprint density at radius 1 is 1.13 bits per heavy atom. The van der Waals surface area contributed by atoms with Crippen LogP contribution in [0.4, 0.5) is 0 Å². The molecular weight excluding hydrogens is 292 g/mol. The summed E-state index contributed by atoms with van der Waals surface area (Å²) < 4.78 is 16.6. The number of methoxy groups -OCH3 is 2. The quantitative estimate of drug-likeness (QED) is 0.842. The van der Waals surface area contributed by atoms with E-state index in [9.17, 15) is 0 Å². The van der Waals surface area contributed by atoms with Gasteiger partial charge in [0.15, 0.2) is 0 Å². The van der Waals surface area contributed by atoms with Crippen LogP contribution in [0.25, 0.3) is 11.5 Å². The Kier molecular flexibility index (Phi) is 4.86. The smallest absolute Gasteiger partial charge is 0.230 e. The van der Waals surface area contributed by atoms with Crippen LogP contribution in [0.15, 0.2) is 22.6 Å². The largest absolute Gasteiger partial charge is 0.497 e. The molecule has 0 saturated carbocycles. The maximum atomic E-state index is 5.91. The molecule has 1 aromatic heterocycles. The molecule has 5 nitrogen and oxygen atoms in total. The van der Waals surface area contributed by atoms with E-state index in [1.807, 2.05) is 25.1 Å². The third kappa shape index (κ3) is 3.50. The summed E-state index contributed by atoms with van der Waals surface area (Å²) in [6, 6.07) is 5.64. The molecule has 0 bridgehead atoms. The Hall–Kier alpha value is -2.01. The molecule has 5 heteroatoms. The van der Waals surface area contributed by atoms with Crippen LogP contribution < -0.4 is 9.47 Å². The van der Waals surface area contributed by atoms with Crippen LogP contribution in [0.1, 0.15) is 30.7 Å². The minimum atomic E-state index is 0.588. The van der Waals surface area contributed by atoms with Crippen LogP contribution >= 0.6 is 0 Å². The van der Waals surface area contributed by atoms with E-state index < -0.39 is 0 Å². The molecule has 1 aliphatic rings. The first-order chi connectivity index (χ1) is 11.2. The van der Waals surface area contributed by atoms with Crippen molar-refractivity contribution in [2.45, 2.75) is 32.7 Å². The summed E-state index contributed by atoms with van der Waals surface area (Å²) in [5.74, 6) is 2.95. The van der Waals surface area contributed by atoms with Crippen LogP contribution in [-0.2, 0) is 6.54 Å². The minimum Gasteiger partial charge on any atom is -0.497 e. The maximum Gasteiger partial charge on any atom is 0.230 e. The normalized spacial score (nSPS) is 15.6. The van der Waals surface area contributed by atoms with Crippen molar-refractivity contribution in [3.8, 4) is 23.0 Å². The van der Waals surface area contributed by atoms with E-state index in [2.05, 4.69) is 4.90 Å². The summed E-state index contributed by atoms with van der Waals surface area (Å²) in [5, 5.41) is 0. The van der Waals surface area contributed by atoms with Crippen molar-refractivity contribution in [3.05, 3.63) is 29.7 Å². The van der Waals surface area contributed by atoms with Gasteiger partial charge in [-0.15, -0.1) is 0 Å². The second kappa shape index (κ2) is 7.04. The SMILES string of the molecule is COc1ccc(OC)c(-c2nc(CN3CCCCC3)c(C)o2)c1. The Morgan fingerprint density at radius 2 is 1.91 bits per heavy atom. The van der Waals surface area contributed by atoms with Crippen molar-refractivity contribution in [1.82, 2.24) is 9.88 Å². The maximum absolute atomic E-state index is 5.91. The van der Waals surface area contributed by atoms with Gasteiger partial charge in [-0.1, -0.05) is 6.42 Å².